The van der Waals surface area contributed by atoms with Crippen LogP contribution in [0.3, 0.4) is 0 Å². The van der Waals surface area contributed by atoms with E-state index in [1.807, 2.05) is 43.0 Å². The second-order valence-electron chi connectivity index (χ2n) is 7.42. The van der Waals surface area contributed by atoms with Crippen LogP contribution in [0, 0.1) is 5.92 Å². The Morgan fingerprint density at radius 2 is 1.93 bits per heavy atom. The lowest BCUT2D eigenvalue weighted by Gasteiger charge is -2.17. The Labute approximate surface area is 162 Å². The van der Waals surface area contributed by atoms with Crippen LogP contribution in [0.25, 0.3) is 0 Å². The highest BCUT2D eigenvalue weighted by Crippen LogP contribution is 2.32. The van der Waals surface area contributed by atoms with E-state index in [0.717, 1.165) is 24.1 Å². The summed E-state index contributed by atoms with van der Waals surface area (Å²) in [4.78, 5) is 14.7. The molecule has 1 aromatic carbocycles. The number of allylic oxidation sites excluding steroid dienone is 3. The molecule has 4 heteroatoms. The number of amides is 1. The van der Waals surface area contributed by atoms with Crippen molar-refractivity contribution in [2.45, 2.75) is 66.2 Å². The number of ether oxygens (including phenoxy) is 1. The van der Waals surface area contributed by atoms with Crippen molar-refractivity contribution in [1.29, 1.82) is 0 Å². The summed E-state index contributed by atoms with van der Waals surface area (Å²) in [7, 11) is 0. The van der Waals surface area contributed by atoms with E-state index in [-0.39, 0.29) is 11.8 Å². The van der Waals surface area contributed by atoms with Crippen molar-refractivity contribution in [2.75, 3.05) is 11.4 Å². The van der Waals surface area contributed by atoms with Crippen LogP contribution in [0.1, 0.15) is 65.4 Å². The fourth-order valence-corrected chi connectivity index (χ4v) is 3.42. The molecule has 1 fully saturated rings. The maximum absolute atomic E-state index is 13.2. The Balaban J connectivity index is 2.24. The van der Waals surface area contributed by atoms with Crippen molar-refractivity contribution >= 4 is 11.6 Å². The van der Waals surface area contributed by atoms with E-state index < -0.39 is 6.36 Å². The zero-order chi connectivity index (χ0) is 20.0. The van der Waals surface area contributed by atoms with Crippen LogP contribution in [0.4, 0.5) is 10.1 Å². The van der Waals surface area contributed by atoms with Gasteiger partial charge in [0.05, 0.1) is 11.7 Å². The van der Waals surface area contributed by atoms with E-state index in [0.29, 0.717) is 24.6 Å². The number of carbonyl (C=O) groups is 1. The molecule has 2 rings (SSSR count). The first-order valence-electron chi connectivity index (χ1n) is 9.99. The molecule has 0 aliphatic carbocycles. The highest BCUT2D eigenvalue weighted by atomic mass is 19.1. The summed E-state index contributed by atoms with van der Waals surface area (Å²) in [6.45, 7) is 10.3. The van der Waals surface area contributed by atoms with Crippen LogP contribution in [-0.2, 0) is 9.53 Å². The number of alkyl halides is 1. The van der Waals surface area contributed by atoms with Crippen LogP contribution in [0.2, 0.25) is 0 Å². The summed E-state index contributed by atoms with van der Waals surface area (Å²) < 4.78 is 18.5. The number of hydrogen-bond donors (Lipinski definition) is 0. The van der Waals surface area contributed by atoms with Gasteiger partial charge in [-0.3, -0.25) is 4.79 Å². The molecule has 1 aliphatic heterocycles. The second-order valence-corrected chi connectivity index (χ2v) is 7.42. The van der Waals surface area contributed by atoms with Gasteiger partial charge in [-0.1, -0.05) is 45.9 Å². The average Bonchev–Trinajstić information content (AvgIpc) is 2.95. The minimum absolute atomic E-state index is 0.128. The molecule has 0 radical (unpaired) electrons. The van der Waals surface area contributed by atoms with Gasteiger partial charge in [-0.25, -0.2) is 4.39 Å². The van der Waals surface area contributed by atoms with Gasteiger partial charge in [0.25, 0.3) is 0 Å². The summed E-state index contributed by atoms with van der Waals surface area (Å²) in [5.74, 6) is 1.09. The smallest absolute Gasteiger partial charge is 0.235 e. The van der Waals surface area contributed by atoms with Crippen LogP contribution >= 0.6 is 0 Å². The summed E-state index contributed by atoms with van der Waals surface area (Å²) in [5, 5.41) is 0. The van der Waals surface area contributed by atoms with Crippen molar-refractivity contribution in [3.63, 3.8) is 0 Å². The molecule has 0 bridgehead atoms. The van der Waals surface area contributed by atoms with Crippen molar-refractivity contribution in [3.8, 4) is 0 Å². The molecule has 148 valence electrons. The molecule has 1 amide bonds. The Morgan fingerprint density at radius 3 is 2.44 bits per heavy atom. The Hall–Kier alpha value is -2.10. The molecule has 1 aliphatic rings. The van der Waals surface area contributed by atoms with E-state index >= 15 is 0 Å². The normalized spacial score (nSPS) is 20.6. The van der Waals surface area contributed by atoms with Crippen LogP contribution in [0.5, 0.6) is 0 Å². The third kappa shape index (κ3) is 5.44. The maximum Gasteiger partial charge on any atom is 0.235 e. The second kappa shape index (κ2) is 9.72. The lowest BCUT2D eigenvalue weighted by atomic mass is 9.99. The number of carbonyl (C=O) groups excluding carboxylic acids is 1. The molecule has 0 N–H and O–H groups in total. The molecule has 0 spiro atoms. The zero-order valence-corrected chi connectivity index (χ0v) is 17.2. The van der Waals surface area contributed by atoms with Gasteiger partial charge in [-0.05, 0) is 48.1 Å². The first-order chi connectivity index (χ1) is 12.9. The van der Waals surface area contributed by atoms with Crippen LogP contribution in [-0.4, -0.2) is 18.8 Å². The molecule has 0 aromatic heterocycles. The lowest BCUT2D eigenvalue weighted by molar-refractivity contribution is -0.119. The standard InChI is InChI=1S/C23H32FNO2/c1-6-8-21(27-17(5)24)14-11-19-15-25(23(26)22(19)7-2)20-12-9-18(10-13-20)16(3)4/h9-14,16-17,22H,6-8,15H2,1-5H3/b19-11-,21-14+. The quantitative estimate of drug-likeness (QED) is 0.513. The highest BCUT2D eigenvalue weighted by molar-refractivity contribution is 6.00. The number of rotatable bonds is 8. The van der Waals surface area contributed by atoms with E-state index in [4.69, 9.17) is 4.74 Å². The van der Waals surface area contributed by atoms with Crippen molar-refractivity contribution in [2.24, 2.45) is 5.92 Å². The Morgan fingerprint density at radius 1 is 1.26 bits per heavy atom. The summed E-state index contributed by atoms with van der Waals surface area (Å²) in [6, 6.07) is 8.22. The molecular weight excluding hydrogens is 341 g/mol. The minimum Gasteiger partial charge on any atom is -0.465 e. The molecule has 3 nitrogen and oxygen atoms in total. The maximum atomic E-state index is 13.2. The summed E-state index contributed by atoms with van der Waals surface area (Å²) in [5.41, 5.74) is 3.25. The van der Waals surface area contributed by atoms with Crippen LogP contribution in [0.15, 0.2) is 47.7 Å². The van der Waals surface area contributed by atoms with Crippen molar-refractivity contribution in [3.05, 3.63) is 53.3 Å². The average molecular weight is 374 g/mol. The third-order valence-corrected chi connectivity index (χ3v) is 4.93. The number of anilines is 1. The first-order valence-corrected chi connectivity index (χ1v) is 9.99. The minimum atomic E-state index is -1.33. The molecule has 2 unspecified atom stereocenters. The highest BCUT2D eigenvalue weighted by Gasteiger charge is 2.35. The van der Waals surface area contributed by atoms with Gasteiger partial charge < -0.3 is 9.64 Å². The number of hydrogen-bond acceptors (Lipinski definition) is 2. The fraction of sp³-hybridized carbons (Fsp3) is 0.522. The Kier molecular flexibility index (Phi) is 7.64. The summed E-state index contributed by atoms with van der Waals surface area (Å²) in [6.07, 6.45) is 4.76. The predicted octanol–water partition coefficient (Wildman–Crippen LogP) is 6.13. The van der Waals surface area contributed by atoms with Gasteiger partial charge in [0.1, 0.15) is 0 Å². The van der Waals surface area contributed by atoms with Crippen molar-refractivity contribution < 1.29 is 13.9 Å². The van der Waals surface area contributed by atoms with Gasteiger partial charge in [0.15, 0.2) is 0 Å². The molecule has 2 atom stereocenters. The number of nitrogens with zero attached hydrogens (tertiary/aromatic N) is 1. The molecule has 1 aromatic rings. The van der Waals surface area contributed by atoms with E-state index in [1.54, 1.807) is 0 Å². The zero-order valence-electron chi connectivity index (χ0n) is 17.2. The van der Waals surface area contributed by atoms with Gasteiger partial charge in [0.2, 0.25) is 12.3 Å². The fourth-order valence-electron chi connectivity index (χ4n) is 3.42. The third-order valence-electron chi connectivity index (χ3n) is 4.93. The number of benzene rings is 1. The number of halogens is 1. The van der Waals surface area contributed by atoms with E-state index in [1.165, 1.54) is 12.5 Å². The topological polar surface area (TPSA) is 29.5 Å². The molecule has 1 heterocycles. The first kappa shape index (κ1) is 21.2. The molecule has 27 heavy (non-hydrogen) atoms. The van der Waals surface area contributed by atoms with Crippen LogP contribution < -0.4 is 4.90 Å². The predicted molar refractivity (Wildman–Crippen MR) is 109 cm³/mol. The SMILES string of the molecule is CCC/C(=C\C=C1\CN(c2ccc(C(C)C)cc2)C(=O)C1CC)OC(C)F. The van der Waals surface area contributed by atoms with Crippen molar-refractivity contribution in [1.82, 2.24) is 0 Å². The summed E-state index contributed by atoms with van der Waals surface area (Å²) >= 11 is 0. The van der Waals surface area contributed by atoms with Gasteiger partial charge >= 0.3 is 0 Å². The van der Waals surface area contributed by atoms with E-state index in [9.17, 15) is 9.18 Å². The van der Waals surface area contributed by atoms with E-state index in [2.05, 4.69) is 26.0 Å². The monoisotopic (exact) mass is 373 g/mol. The molecule has 0 saturated carbocycles. The Bertz CT molecular complexity index is 689. The van der Waals surface area contributed by atoms with Gasteiger partial charge in [-0.2, -0.15) is 0 Å². The lowest BCUT2D eigenvalue weighted by Crippen LogP contribution is -2.26. The van der Waals surface area contributed by atoms with Gasteiger partial charge in [0, 0.05) is 25.6 Å². The molecular formula is C23H32FNO2. The largest absolute Gasteiger partial charge is 0.465 e. The molecule has 1 saturated heterocycles. The van der Waals surface area contributed by atoms with Gasteiger partial charge in [-0.15, -0.1) is 0 Å².